The molecule has 2 aromatic heterocycles. The number of hydrogen-bond donors (Lipinski definition) is 1. The van der Waals surface area contributed by atoms with Gasteiger partial charge in [0.15, 0.2) is 5.65 Å². The lowest BCUT2D eigenvalue weighted by Gasteiger charge is -2.39. The van der Waals surface area contributed by atoms with Gasteiger partial charge in [0.1, 0.15) is 5.52 Å². The molecule has 1 atom stereocenters. The fraction of sp³-hybridized carbons (Fsp3) is 0.571. The number of halogens is 1. The van der Waals surface area contributed by atoms with Crippen LogP contribution >= 0.6 is 11.6 Å². The van der Waals surface area contributed by atoms with E-state index in [1.807, 2.05) is 6.07 Å². The Balaban J connectivity index is 2.16. The van der Waals surface area contributed by atoms with Gasteiger partial charge in [-0.25, -0.2) is 9.97 Å². The van der Waals surface area contributed by atoms with Crippen molar-refractivity contribution >= 4 is 28.7 Å². The number of aromatic nitrogens is 3. The Morgan fingerprint density at radius 2 is 2.21 bits per heavy atom. The largest absolute Gasteiger partial charge is 0.369 e. The van der Waals surface area contributed by atoms with Crippen LogP contribution in [0.3, 0.4) is 0 Å². The van der Waals surface area contributed by atoms with Crippen LogP contribution in [0.25, 0.3) is 11.2 Å². The summed E-state index contributed by atoms with van der Waals surface area (Å²) in [6, 6.07) is 2.19. The van der Waals surface area contributed by atoms with Gasteiger partial charge in [0.2, 0.25) is 5.95 Å². The molecular formula is C14H19ClN4. The van der Waals surface area contributed by atoms with Crippen molar-refractivity contribution < 1.29 is 0 Å². The van der Waals surface area contributed by atoms with Crippen LogP contribution in [-0.4, -0.2) is 14.5 Å². The number of nitrogens with two attached hydrogens (primary N) is 1. The minimum absolute atomic E-state index is 0.224. The first-order chi connectivity index (χ1) is 8.99. The Morgan fingerprint density at radius 3 is 2.95 bits per heavy atom. The van der Waals surface area contributed by atoms with E-state index < -0.39 is 0 Å². The lowest BCUT2D eigenvalue weighted by atomic mass is 9.73. The van der Waals surface area contributed by atoms with E-state index in [0.717, 1.165) is 17.6 Å². The molecule has 2 N–H and O–H groups in total. The van der Waals surface area contributed by atoms with Crippen LogP contribution < -0.4 is 5.73 Å². The molecule has 5 heteroatoms. The van der Waals surface area contributed by atoms with Gasteiger partial charge in [-0.15, -0.1) is 0 Å². The molecule has 1 aliphatic rings. The minimum Gasteiger partial charge on any atom is -0.369 e. The van der Waals surface area contributed by atoms with Gasteiger partial charge in [0.05, 0.1) is 5.02 Å². The zero-order chi connectivity index (χ0) is 13.6. The van der Waals surface area contributed by atoms with Crippen molar-refractivity contribution in [2.45, 2.75) is 45.6 Å². The number of pyridine rings is 1. The van der Waals surface area contributed by atoms with Gasteiger partial charge in [-0.1, -0.05) is 38.3 Å². The third-order valence-electron chi connectivity index (χ3n) is 4.29. The second-order valence-electron chi connectivity index (χ2n) is 6.09. The molecule has 2 aromatic rings. The Kier molecular flexibility index (Phi) is 2.93. The van der Waals surface area contributed by atoms with Gasteiger partial charge in [0, 0.05) is 12.2 Å². The monoisotopic (exact) mass is 278 g/mol. The Morgan fingerprint density at radius 1 is 1.42 bits per heavy atom. The van der Waals surface area contributed by atoms with E-state index in [-0.39, 0.29) is 5.41 Å². The number of nitrogens with zero attached hydrogens (tertiary/aromatic N) is 3. The second kappa shape index (κ2) is 4.37. The van der Waals surface area contributed by atoms with Gasteiger partial charge in [-0.2, -0.15) is 0 Å². The zero-order valence-electron chi connectivity index (χ0n) is 11.4. The van der Waals surface area contributed by atoms with Crippen molar-refractivity contribution in [1.82, 2.24) is 14.5 Å². The van der Waals surface area contributed by atoms with E-state index in [9.17, 15) is 0 Å². The maximum atomic E-state index is 6.12. The SMILES string of the molecule is CC1(C)CCCCC1n1c(N)nc2cc(Cl)cnc21. The van der Waals surface area contributed by atoms with Crippen molar-refractivity contribution in [2.24, 2.45) is 5.41 Å². The minimum atomic E-state index is 0.224. The highest BCUT2D eigenvalue weighted by Gasteiger charge is 2.35. The molecule has 0 aromatic carbocycles. The molecule has 0 spiro atoms. The number of nitrogen functional groups attached to an aromatic ring is 1. The number of anilines is 1. The van der Waals surface area contributed by atoms with Gasteiger partial charge < -0.3 is 5.73 Å². The summed E-state index contributed by atoms with van der Waals surface area (Å²) in [4.78, 5) is 8.84. The van der Waals surface area contributed by atoms with Crippen LogP contribution in [0.5, 0.6) is 0 Å². The van der Waals surface area contributed by atoms with Crippen LogP contribution in [0.15, 0.2) is 12.3 Å². The van der Waals surface area contributed by atoms with Crippen LogP contribution in [0, 0.1) is 5.41 Å². The normalized spacial score (nSPS) is 22.8. The predicted octanol–water partition coefficient (Wildman–Crippen LogP) is 3.81. The maximum absolute atomic E-state index is 6.12. The summed E-state index contributed by atoms with van der Waals surface area (Å²) < 4.78 is 2.10. The summed E-state index contributed by atoms with van der Waals surface area (Å²) in [6.07, 6.45) is 6.53. The number of rotatable bonds is 1. The fourth-order valence-electron chi connectivity index (χ4n) is 3.24. The van der Waals surface area contributed by atoms with Crippen LogP contribution in [0.2, 0.25) is 5.02 Å². The second-order valence-corrected chi connectivity index (χ2v) is 6.52. The molecule has 102 valence electrons. The van der Waals surface area contributed by atoms with Gasteiger partial charge in [0.25, 0.3) is 0 Å². The number of imidazole rings is 1. The standard InChI is InChI=1S/C14H19ClN4/c1-14(2)6-4-3-5-11(14)19-12-10(18-13(19)16)7-9(15)8-17-12/h7-8,11H,3-6H2,1-2H3,(H2,16,18). The quantitative estimate of drug-likeness (QED) is 0.863. The number of hydrogen-bond acceptors (Lipinski definition) is 3. The van der Waals surface area contributed by atoms with Gasteiger partial charge in [-0.3, -0.25) is 4.57 Å². The van der Waals surface area contributed by atoms with Crippen LogP contribution in [0.4, 0.5) is 5.95 Å². The molecule has 1 unspecified atom stereocenters. The number of fused-ring (bicyclic) bond motifs is 1. The summed E-state index contributed by atoms with van der Waals surface area (Å²) in [5, 5.41) is 0.597. The molecule has 0 aliphatic heterocycles. The molecule has 0 amide bonds. The maximum Gasteiger partial charge on any atom is 0.202 e. The molecular weight excluding hydrogens is 260 g/mol. The molecule has 0 bridgehead atoms. The molecule has 4 nitrogen and oxygen atoms in total. The topological polar surface area (TPSA) is 56.7 Å². The molecule has 3 rings (SSSR count). The summed E-state index contributed by atoms with van der Waals surface area (Å²) in [5.41, 5.74) is 7.98. The van der Waals surface area contributed by atoms with Crippen molar-refractivity contribution in [3.63, 3.8) is 0 Å². The Hall–Kier alpha value is -1.29. The molecule has 1 aliphatic carbocycles. The van der Waals surface area contributed by atoms with Crippen molar-refractivity contribution in [3.8, 4) is 0 Å². The zero-order valence-corrected chi connectivity index (χ0v) is 12.1. The molecule has 0 saturated heterocycles. The van der Waals surface area contributed by atoms with E-state index in [2.05, 4.69) is 28.4 Å². The van der Waals surface area contributed by atoms with Gasteiger partial charge >= 0.3 is 0 Å². The highest BCUT2D eigenvalue weighted by atomic mass is 35.5. The molecule has 19 heavy (non-hydrogen) atoms. The highest BCUT2D eigenvalue weighted by Crippen LogP contribution is 2.45. The summed E-state index contributed by atoms with van der Waals surface area (Å²) in [7, 11) is 0. The molecule has 0 radical (unpaired) electrons. The van der Waals surface area contributed by atoms with E-state index >= 15 is 0 Å². The van der Waals surface area contributed by atoms with Crippen molar-refractivity contribution in [1.29, 1.82) is 0 Å². The summed E-state index contributed by atoms with van der Waals surface area (Å²) >= 11 is 5.97. The van der Waals surface area contributed by atoms with E-state index in [1.165, 1.54) is 19.3 Å². The predicted molar refractivity (Wildman–Crippen MR) is 78.2 cm³/mol. The third kappa shape index (κ3) is 2.08. The average Bonchev–Trinajstić information content (AvgIpc) is 2.64. The lowest BCUT2D eigenvalue weighted by Crippen LogP contribution is -2.31. The first-order valence-electron chi connectivity index (χ1n) is 6.78. The highest BCUT2D eigenvalue weighted by molar-refractivity contribution is 6.31. The first-order valence-corrected chi connectivity index (χ1v) is 7.16. The summed E-state index contributed by atoms with van der Waals surface area (Å²) in [6.45, 7) is 4.61. The Bertz CT molecular complexity index is 617. The molecule has 2 heterocycles. The Labute approximate surface area is 118 Å². The summed E-state index contributed by atoms with van der Waals surface area (Å²) in [5.74, 6) is 0.546. The molecule has 1 fully saturated rings. The third-order valence-corrected chi connectivity index (χ3v) is 4.49. The van der Waals surface area contributed by atoms with Crippen molar-refractivity contribution in [3.05, 3.63) is 17.3 Å². The molecule has 1 saturated carbocycles. The first kappa shape index (κ1) is 12.7. The lowest BCUT2D eigenvalue weighted by molar-refractivity contribution is 0.149. The fourth-order valence-corrected chi connectivity index (χ4v) is 3.39. The van der Waals surface area contributed by atoms with E-state index in [4.69, 9.17) is 17.3 Å². The van der Waals surface area contributed by atoms with E-state index in [0.29, 0.717) is 17.0 Å². The van der Waals surface area contributed by atoms with Crippen molar-refractivity contribution in [2.75, 3.05) is 5.73 Å². The van der Waals surface area contributed by atoms with E-state index in [1.54, 1.807) is 6.20 Å². The smallest absolute Gasteiger partial charge is 0.202 e. The van der Waals surface area contributed by atoms with Crippen LogP contribution in [-0.2, 0) is 0 Å². The van der Waals surface area contributed by atoms with Gasteiger partial charge in [-0.05, 0) is 24.3 Å². The van der Waals surface area contributed by atoms with Crippen LogP contribution in [0.1, 0.15) is 45.6 Å². The average molecular weight is 279 g/mol.